The Morgan fingerprint density at radius 3 is 1.75 bits per heavy atom. The molecule has 1 aromatic heterocycles. The van der Waals surface area contributed by atoms with E-state index < -0.39 is 0 Å². The molecule has 2 nitrogen and oxygen atoms in total. The number of fused-ring (bicyclic) bond motifs is 3. The molecule has 1 atom stereocenters. The van der Waals surface area contributed by atoms with E-state index in [1.54, 1.807) is 0 Å². The van der Waals surface area contributed by atoms with Crippen molar-refractivity contribution in [3.05, 3.63) is 187 Å². The summed E-state index contributed by atoms with van der Waals surface area (Å²) in [4.78, 5) is 2.33. The van der Waals surface area contributed by atoms with E-state index in [0.29, 0.717) is 5.92 Å². The zero-order valence-corrected chi connectivity index (χ0v) is 24.4. The topological polar surface area (TPSA) is 8.17 Å². The average molecular weight is 565 g/mol. The fraction of sp³-hybridized carbons (Fsp3) is 0.0476. The Hall–Kier alpha value is -5.60. The van der Waals surface area contributed by atoms with Gasteiger partial charge in [-0.15, -0.1) is 0 Å². The lowest BCUT2D eigenvalue weighted by Gasteiger charge is -2.26. The molecule has 0 N–H and O–H groups in total. The smallest absolute Gasteiger partial charge is 0.0537 e. The molecule has 7 aromatic rings. The van der Waals surface area contributed by atoms with Crippen molar-refractivity contribution in [1.82, 2.24) is 4.57 Å². The van der Waals surface area contributed by atoms with Crippen LogP contribution in [0.2, 0.25) is 0 Å². The van der Waals surface area contributed by atoms with E-state index in [4.69, 9.17) is 0 Å². The predicted octanol–water partition coefficient (Wildman–Crippen LogP) is 11.1. The van der Waals surface area contributed by atoms with Gasteiger partial charge < -0.3 is 9.47 Å². The summed E-state index contributed by atoms with van der Waals surface area (Å²) in [5.41, 5.74) is 12.4. The lowest BCUT2D eigenvalue weighted by Crippen LogP contribution is -2.11. The summed E-state index contributed by atoms with van der Waals surface area (Å²) in [6.07, 6.45) is 5.69. The molecule has 2 heteroatoms. The lowest BCUT2D eigenvalue weighted by molar-refractivity contribution is 0.825. The van der Waals surface area contributed by atoms with Crippen molar-refractivity contribution in [2.24, 2.45) is 0 Å². The largest absolute Gasteiger partial charge is 0.311 e. The maximum absolute atomic E-state index is 2.40. The number of anilines is 3. The Kier molecular flexibility index (Phi) is 6.66. The number of allylic oxidation sites excluding steroid dienone is 1. The molecule has 0 aliphatic heterocycles. The monoisotopic (exact) mass is 564 g/mol. The molecule has 0 radical (unpaired) electrons. The van der Waals surface area contributed by atoms with Gasteiger partial charge in [0.15, 0.2) is 0 Å². The number of hydrogen-bond donors (Lipinski definition) is 0. The van der Waals surface area contributed by atoms with Gasteiger partial charge in [-0.3, -0.25) is 0 Å². The van der Waals surface area contributed by atoms with Crippen LogP contribution in [0.5, 0.6) is 0 Å². The summed E-state index contributed by atoms with van der Waals surface area (Å²) in [7, 11) is 0. The van der Waals surface area contributed by atoms with Crippen molar-refractivity contribution >= 4 is 34.0 Å². The van der Waals surface area contributed by atoms with Crippen molar-refractivity contribution in [3.8, 4) is 16.8 Å². The van der Waals surface area contributed by atoms with Crippen molar-refractivity contribution in [1.29, 1.82) is 0 Å². The molecule has 0 spiro atoms. The summed E-state index contributed by atoms with van der Waals surface area (Å²) >= 11 is 0. The highest BCUT2D eigenvalue weighted by Gasteiger charge is 2.23. The first-order valence-corrected chi connectivity index (χ1v) is 15.3. The molecule has 8 rings (SSSR count). The summed E-state index contributed by atoms with van der Waals surface area (Å²) in [6.45, 7) is 0. The zero-order chi connectivity index (χ0) is 29.3. The molecule has 0 bridgehead atoms. The first kappa shape index (κ1) is 26.1. The number of hydrogen-bond acceptors (Lipinski definition) is 1. The normalized spacial score (nSPS) is 14.0. The number of aromatic nitrogens is 1. The maximum atomic E-state index is 2.40. The third kappa shape index (κ3) is 4.71. The van der Waals surface area contributed by atoms with Gasteiger partial charge in [0.05, 0.1) is 5.52 Å². The van der Waals surface area contributed by atoms with Crippen LogP contribution in [0.3, 0.4) is 0 Å². The van der Waals surface area contributed by atoms with Gasteiger partial charge in [-0.05, 0) is 89.3 Å². The third-order valence-electron chi connectivity index (χ3n) is 8.77. The van der Waals surface area contributed by atoms with Crippen molar-refractivity contribution in [2.45, 2.75) is 12.3 Å². The molecule has 1 aliphatic carbocycles. The Labute approximate surface area is 258 Å². The van der Waals surface area contributed by atoms with Gasteiger partial charge in [-0.2, -0.15) is 0 Å². The van der Waals surface area contributed by atoms with Gasteiger partial charge in [0.1, 0.15) is 0 Å². The van der Waals surface area contributed by atoms with Crippen LogP contribution in [-0.2, 0) is 6.42 Å². The number of benzene rings is 6. The second kappa shape index (κ2) is 11.2. The highest BCUT2D eigenvalue weighted by atomic mass is 15.1. The van der Waals surface area contributed by atoms with E-state index in [1.165, 1.54) is 44.5 Å². The first-order chi connectivity index (χ1) is 21.8. The van der Waals surface area contributed by atoms with Crippen molar-refractivity contribution in [3.63, 3.8) is 0 Å². The average Bonchev–Trinajstić information content (AvgIpc) is 3.44. The van der Waals surface area contributed by atoms with E-state index in [1.807, 2.05) is 0 Å². The predicted molar refractivity (Wildman–Crippen MR) is 185 cm³/mol. The van der Waals surface area contributed by atoms with Crippen molar-refractivity contribution < 1.29 is 0 Å². The fourth-order valence-electron chi connectivity index (χ4n) is 6.62. The molecule has 210 valence electrons. The number of nitrogens with zero attached hydrogens (tertiary/aromatic N) is 2. The van der Waals surface area contributed by atoms with Crippen LogP contribution in [0.1, 0.15) is 22.7 Å². The van der Waals surface area contributed by atoms with E-state index >= 15 is 0 Å². The second-order valence-electron chi connectivity index (χ2n) is 11.4. The van der Waals surface area contributed by atoms with Crippen LogP contribution in [-0.4, -0.2) is 4.57 Å². The van der Waals surface area contributed by atoms with Crippen LogP contribution in [0, 0.1) is 0 Å². The van der Waals surface area contributed by atoms with Crippen LogP contribution in [0.4, 0.5) is 17.1 Å². The summed E-state index contributed by atoms with van der Waals surface area (Å²) in [5.74, 6) is 0.321. The minimum atomic E-state index is 0.321. The van der Waals surface area contributed by atoms with E-state index in [2.05, 4.69) is 185 Å². The summed E-state index contributed by atoms with van der Waals surface area (Å²) in [5, 5.41) is 1.34. The first-order valence-electron chi connectivity index (χ1n) is 15.3. The summed E-state index contributed by atoms with van der Waals surface area (Å²) in [6, 6.07) is 58.7. The van der Waals surface area contributed by atoms with Gasteiger partial charge in [0, 0.05) is 39.7 Å². The van der Waals surface area contributed by atoms with Gasteiger partial charge in [-0.1, -0.05) is 115 Å². The van der Waals surface area contributed by atoms with Crippen LogP contribution < -0.4 is 4.90 Å². The molecule has 1 heterocycles. The SMILES string of the molecule is C1=CC(c2ccc(N(c3ccccc3)c3ccc(-c4ccccc4)cc3)cc2)Cc2c1n(-c1ccccc1)c1ccccc21. The van der Waals surface area contributed by atoms with Crippen LogP contribution >= 0.6 is 0 Å². The molecule has 0 fully saturated rings. The van der Waals surface area contributed by atoms with Crippen molar-refractivity contribution in [2.75, 3.05) is 4.90 Å². The van der Waals surface area contributed by atoms with Crippen LogP contribution in [0.15, 0.2) is 170 Å². The number of rotatable bonds is 6. The molecule has 1 unspecified atom stereocenters. The van der Waals surface area contributed by atoms with Gasteiger partial charge >= 0.3 is 0 Å². The Bertz CT molecular complexity index is 2050. The molecule has 0 amide bonds. The zero-order valence-electron chi connectivity index (χ0n) is 24.4. The molecular formula is C42H32N2. The van der Waals surface area contributed by atoms with E-state index in [0.717, 1.165) is 23.5 Å². The van der Waals surface area contributed by atoms with Gasteiger partial charge in [-0.25, -0.2) is 0 Å². The molecule has 0 saturated carbocycles. The molecule has 0 saturated heterocycles. The van der Waals surface area contributed by atoms with Gasteiger partial charge in [0.25, 0.3) is 0 Å². The van der Waals surface area contributed by atoms with Gasteiger partial charge in [0.2, 0.25) is 0 Å². The molecule has 1 aliphatic rings. The van der Waals surface area contributed by atoms with Crippen LogP contribution in [0.25, 0.3) is 33.8 Å². The lowest BCUT2D eigenvalue weighted by atomic mass is 9.86. The fourth-order valence-corrected chi connectivity index (χ4v) is 6.62. The second-order valence-corrected chi connectivity index (χ2v) is 11.4. The maximum Gasteiger partial charge on any atom is 0.0537 e. The highest BCUT2D eigenvalue weighted by Crippen LogP contribution is 2.40. The quantitative estimate of drug-likeness (QED) is 0.195. The summed E-state index contributed by atoms with van der Waals surface area (Å²) < 4.78 is 2.40. The Morgan fingerprint density at radius 1 is 0.500 bits per heavy atom. The minimum absolute atomic E-state index is 0.321. The molecule has 44 heavy (non-hydrogen) atoms. The molecule has 6 aromatic carbocycles. The highest BCUT2D eigenvalue weighted by molar-refractivity contribution is 5.91. The minimum Gasteiger partial charge on any atom is -0.311 e. The van der Waals surface area contributed by atoms with E-state index in [-0.39, 0.29) is 0 Å². The van der Waals surface area contributed by atoms with E-state index in [9.17, 15) is 0 Å². The molecular weight excluding hydrogens is 532 g/mol. The number of para-hydroxylation sites is 3. The Morgan fingerprint density at radius 2 is 1.05 bits per heavy atom. The Balaban J connectivity index is 1.12. The standard InChI is InChI=1S/C42H32N2/c1-4-12-31(13-5-1)32-20-25-37(26-21-32)43(35-14-6-2-7-15-35)38-27-22-33(23-28-38)34-24-29-42-40(30-34)39-18-10-11-19-41(39)44(42)36-16-8-3-9-17-36/h1-29,34H,30H2. The third-order valence-corrected chi connectivity index (χ3v) is 8.77.